The van der Waals surface area contributed by atoms with E-state index in [1.165, 1.54) is 28.6 Å². The first kappa shape index (κ1) is 14.3. The Morgan fingerprint density at radius 3 is 3.05 bits per heavy atom. The first-order chi connectivity index (χ1) is 9.49. The molecule has 1 fully saturated rings. The molecule has 2 aromatic rings. The number of fused-ring (bicyclic) bond motifs is 1. The molecule has 3 rings (SSSR count). The molecule has 20 heavy (non-hydrogen) atoms. The molecule has 1 saturated carbocycles. The maximum Gasteiger partial charge on any atom is 0.259 e. The standard InChI is InChI=1S/C11H15ClN4O2S2/c1-15(8-2-3-8)5-4-13-20(17,18)10-9(12)14-11-16(10)6-7-19-11/h6-8,13H,2-5H2,1H3. The van der Waals surface area contributed by atoms with Gasteiger partial charge >= 0.3 is 0 Å². The minimum Gasteiger partial charge on any atom is -0.302 e. The average Bonchev–Trinajstić information content (AvgIpc) is 3.04. The van der Waals surface area contributed by atoms with Gasteiger partial charge in [-0.3, -0.25) is 4.40 Å². The fraction of sp³-hybridized carbons (Fsp3) is 0.545. The third-order valence-corrected chi connectivity index (χ3v) is 5.98. The van der Waals surface area contributed by atoms with Crippen LogP contribution in [0.5, 0.6) is 0 Å². The highest BCUT2D eigenvalue weighted by atomic mass is 35.5. The van der Waals surface area contributed by atoms with Crippen LogP contribution >= 0.6 is 22.9 Å². The number of sulfonamides is 1. The van der Waals surface area contributed by atoms with Crippen molar-refractivity contribution in [3.05, 3.63) is 16.7 Å². The van der Waals surface area contributed by atoms with Crippen LogP contribution in [-0.4, -0.2) is 48.9 Å². The molecule has 0 amide bonds. The predicted octanol–water partition coefficient (Wildman–Crippen LogP) is 1.42. The molecule has 9 heteroatoms. The van der Waals surface area contributed by atoms with Crippen LogP contribution in [0.2, 0.25) is 5.15 Å². The Hall–Kier alpha value is -0.670. The zero-order valence-corrected chi connectivity index (χ0v) is 13.3. The summed E-state index contributed by atoms with van der Waals surface area (Å²) in [5.74, 6) is 0. The third kappa shape index (κ3) is 2.71. The predicted molar refractivity (Wildman–Crippen MR) is 78.9 cm³/mol. The number of halogens is 1. The van der Waals surface area contributed by atoms with Crippen molar-refractivity contribution >= 4 is 37.9 Å². The van der Waals surface area contributed by atoms with Crippen molar-refractivity contribution in [2.75, 3.05) is 20.1 Å². The number of imidazole rings is 1. The summed E-state index contributed by atoms with van der Waals surface area (Å²) in [7, 11) is -1.64. The Kier molecular flexibility index (Phi) is 3.76. The van der Waals surface area contributed by atoms with Crippen LogP contribution in [-0.2, 0) is 10.0 Å². The van der Waals surface area contributed by atoms with E-state index in [1.807, 2.05) is 7.05 Å². The molecule has 0 spiro atoms. The minimum atomic E-state index is -3.65. The van der Waals surface area contributed by atoms with Gasteiger partial charge in [-0.1, -0.05) is 11.6 Å². The van der Waals surface area contributed by atoms with E-state index in [4.69, 9.17) is 11.6 Å². The van der Waals surface area contributed by atoms with Crippen molar-refractivity contribution < 1.29 is 8.42 Å². The van der Waals surface area contributed by atoms with Gasteiger partial charge in [0.25, 0.3) is 10.0 Å². The van der Waals surface area contributed by atoms with Crippen LogP contribution in [0.15, 0.2) is 16.6 Å². The van der Waals surface area contributed by atoms with Gasteiger partial charge in [-0.15, -0.1) is 11.3 Å². The molecule has 0 unspecified atom stereocenters. The Balaban J connectivity index is 1.73. The molecule has 2 heterocycles. The van der Waals surface area contributed by atoms with Gasteiger partial charge in [-0.2, -0.15) is 0 Å². The van der Waals surface area contributed by atoms with Gasteiger partial charge in [0.2, 0.25) is 0 Å². The second-order valence-corrected chi connectivity index (χ2v) is 7.79. The fourth-order valence-electron chi connectivity index (χ4n) is 2.10. The van der Waals surface area contributed by atoms with E-state index in [9.17, 15) is 8.42 Å². The van der Waals surface area contributed by atoms with E-state index in [0.29, 0.717) is 24.1 Å². The molecule has 0 radical (unpaired) electrons. The maximum atomic E-state index is 12.3. The molecular weight excluding hydrogens is 320 g/mol. The summed E-state index contributed by atoms with van der Waals surface area (Å²) in [5, 5.41) is 1.81. The topological polar surface area (TPSA) is 66.7 Å². The Labute approximate surface area is 126 Å². The van der Waals surface area contributed by atoms with Crippen molar-refractivity contribution in [1.29, 1.82) is 0 Å². The highest BCUT2D eigenvalue weighted by molar-refractivity contribution is 7.89. The summed E-state index contributed by atoms with van der Waals surface area (Å²) in [6.07, 6.45) is 4.06. The number of aromatic nitrogens is 2. The normalized spacial score (nSPS) is 16.4. The van der Waals surface area contributed by atoms with Crippen LogP contribution in [0.3, 0.4) is 0 Å². The van der Waals surface area contributed by atoms with E-state index in [2.05, 4.69) is 14.6 Å². The molecule has 1 N–H and O–H groups in total. The molecule has 0 bridgehead atoms. The lowest BCUT2D eigenvalue weighted by molar-refractivity contribution is 0.329. The van der Waals surface area contributed by atoms with Crippen molar-refractivity contribution in [2.24, 2.45) is 0 Å². The van der Waals surface area contributed by atoms with Crippen molar-refractivity contribution in [3.63, 3.8) is 0 Å². The van der Waals surface area contributed by atoms with Gasteiger partial charge in [-0.05, 0) is 19.9 Å². The molecule has 6 nitrogen and oxygen atoms in total. The van der Waals surface area contributed by atoms with Gasteiger partial charge in [0.15, 0.2) is 15.1 Å². The van der Waals surface area contributed by atoms with E-state index < -0.39 is 10.0 Å². The number of hydrogen-bond donors (Lipinski definition) is 1. The zero-order valence-electron chi connectivity index (χ0n) is 10.9. The number of nitrogens with zero attached hydrogens (tertiary/aromatic N) is 3. The summed E-state index contributed by atoms with van der Waals surface area (Å²) in [6, 6.07) is 0.613. The highest BCUT2D eigenvalue weighted by Gasteiger charge is 2.27. The van der Waals surface area contributed by atoms with Gasteiger partial charge < -0.3 is 4.90 Å². The molecule has 0 aliphatic heterocycles. The first-order valence-corrected chi connectivity index (χ1v) is 9.04. The smallest absolute Gasteiger partial charge is 0.259 e. The van der Waals surface area contributed by atoms with Gasteiger partial charge in [-0.25, -0.2) is 18.1 Å². The summed E-state index contributed by atoms with van der Waals surface area (Å²) in [5.41, 5.74) is 0. The fourth-order valence-corrected chi connectivity index (χ4v) is 4.57. The van der Waals surface area contributed by atoms with Gasteiger partial charge in [0.05, 0.1) is 0 Å². The molecule has 0 atom stereocenters. The first-order valence-electron chi connectivity index (χ1n) is 6.30. The third-order valence-electron chi connectivity index (χ3n) is 3.36. The van der Waals surface area contributed by atoms with E-state index in [0.717, 1.165) is 0 Å². The number of likely N-dealkylation sites (N-methyl/N-ethyl adjacent to an activating group) is 1. The molecule has 2 aromatic heterocycles. The largest absolute Gasteiger partial charge is 0.302 e. The Morgan fingerprint density at radius 1 is 1.60 bits per heavy atom. The van der Waals surface area contributed by atoms with Crippen LogP contribution in [0.1, 0.15) is 12.8 Å². The Bertz CT molecular complexity index is 720. The minimum absolute atomic E-state index is 0.0138. The number of rotatable bonds is 6. The number of thiazole rings is 1. The maximum absolute atomic E-state index is 12.3. The van der Waals surface area contributed by atoms with Crippen LogP contribution in [0.4, 0.5) is 0 Å². The summed E-state index contributed by atoms with van der Waals surface area (Å²) >= 11 is 7.29. The lowest BCUT2D eigenvalue weighted by atomic mass is 10.5. The van der Waals surface area contributed by atoms with Gasteiger partial charge in [0.1, 0.15) is 0 Å². The average molecular weight is 335 g/mol. The van der Waals surface area contributed by atoms with E-state index in [1.54, 1.807) is 11.6 Å². The van der Waals surface area contributed by atoms with Crippen LogP contribution in [0, 0.1) is 0 Å². The van der Waals surface area contributed by atoms with Crippen LogP contribution in [0.25, 0.3) is 4.96 Å². The second kappa shape index (κ2) is 5.27. The van der Waals surface area contributed by atoms with Gasteiger partial charge in [0, 0.05) is 30.7 Å². The molecule has 0 saturated heterocycles. The lowest BCUT2D eigenvalue weighted by Gasteiger charge is -2.15. The quantitative estimate of drug-likeness (QED) is 0.867. The summed E-state index contributed by atoms with van der Waals surface area (Å²) < 4.78 is 28.7. The van der Waals surface area contributed by atoms with E-state index in [-0.39, 0.29) is 10.2 Å². The van der Waals surface area contributed by atoms with Crippen molar-refractivity contribution in [2.45, 2.75) is 23.9 Å². The monoisotopic (exact) mass is 334 g/mol. The Morgan fingerprint density at radius 2 is 2.35 bits per heavy atom. The summed E-state index contributed by atoms with van der Waals surface area (Å²) in [4.78, 5) is 6.78. The molecule has 1 aliphatic rings. The molecular formula is C11H15ClN4O2S2. The van der Waals surface area contributed by atoms with Crippen LogP contribution < -0.4 is 4.72 Å². The van der Waals surface area contributed by atoms with E-state index >= 15 is 0 Å². The van der Waals surface area contributed by atoms with Crippen molar-refractivity contribution in [3.8, 4) is 0 Å². The second-order valence-electron chi connectivity index (χ2n) is 4.87. The van der Waals surface area contributed by atoms with Crippen molar-refractivity contribution in [1.82, 2.24) is 19.0 Å². The highest BCUT2D eigenvalue weighted by Crippen LogP contribution is 2.26. The molecule has 1 aliphatic carbocycles. The molecule has 0 aromatic carbocycles. The molecule has 110 valence electrons. The number of nitrogens with one attached hydrogen (secondary N) is 1. The zero-order chi connectivity index (χ0) is 14.3. The lowest BCUT2D eigenvalue weighted by Crippen LogP contribution is -2.34. The summed E-state index contributed by atoms with van der Waals surface area (Å²) in [6.45, 7) is 1.05. The SMILES string of the molecule is CN(CCNS(=O)(=O)c1c(Cl)nc2sccn12)C1CC1. The number of hydrogen-bond acceptors (Lipinski definition) is 5.